The molecular weight excluding hydrogens is 212 g/mol. The lowest BCUT2D eigenvalue weighted by Crippen LogP contribution is -2.40. The summed E-state index contributed by atoms with van der Waals surface area (Å²) in [5.74, 6) is 0.927. The molecule has 1 unspecified atom stereocenters. The maximum Gasteiger partial charge on any atom is 0.126 e. The van der Waals surface area contributed by atoms with Crippen molar-refractivity contribution in [1.29, 1.82) is 0 Å². The molecule has 17 heavy (non-hydrogen) atoms. The Bertz CT molecular complexity index is 378. The van der Waals surface area contributed by atoms with Gasteiger partial charge < -0.3 is 16.0 Å². The van der Waals surface area contributed by atoms with Gasteiger partial charge in [-0.25, -0.2) is 4.98 Å². The van der Waals surface area contributed by atoms with Crippen molar-refractivity contribution >= 4 is 11.5 Å². The number of rotatable bonds is 3. The summed E-state index contributed by atoms with van der Waals surface area (Å²) in [6.45, 7) is 4.11. The Morgan fingerprint density at radius 1 is 1.47 bits per heavy atom. The van der Waals surface area contributed by atoms with Gasteiger partial charge in [0.05, 0.1) is 11.4 Å². The maximum absolute atomic E-state index is 5.75. The van der Waals surface area contributed by atoms with E-state index in [1.165, 1.54) is 25.8 Å². The van der Waals surface area contributed by atoms with Crippen molar-refractivity contribution in [2.45, 2.75) is 32.2 Å². The molecule has 1 fully saturated rings. The molecule has 94 valence electrons. The van der Waals surface area contributed by atoms with Gasteiger partial charge >= 0.3 is 0 Å². The average Bonchev–Trinajstić information content (AvgIpc) is 2.32. The summed E-state index contributed by atoms with van der Waals surface area (Å²) in [6.07, 6.45) is 3.94. The van der Waals surface area contributed by atoms with Crippen molar-refractivity contribution in [1.82, 2.24) is 9.88 Å². The number of nitrogens with two attached hydrogens (primary N) is 1. The molecule has 1 atom stereocenters. The lowest BCUT2D eigenvalue weighted by atomic mass is 10.0. The highest BCUT2D eigenvalue weighted by Crippen LogP contribution is 2.16. The molecule has 1 saturated heterocycles. The first kappa shape index (κ1) is 12.2. The Hall–Kier alpha value is -1.29. The van der Waals surface area contributed by atoms with E-state index in [0.29, 0.717) is 6.04 Å². The Kier molecular flexibility index (Phi) is 3.84. The van der Waals surface area contributed by atoms with Gasteiger partial charge in [0.25, 0.3) is 0 Å². The summed E-state index contributed by atoms with van der Waals surface area (Å²) < 4.78 is 0. The molecule has 2 rings (SSSR count). The van der Waals surface area contributed by atoms with Crippen LogP contribution >= 0.6 is 0 Å². The molecule has 0 aromatic carbocycles. The van der Waals surface area contributed by atoms with E-state index in [0.717, 1.165) is 23.7 Å². The molecule has 3 N–H and O–H groups in total. The summed E-state index contributed by atoms with van der Waals surface area (Å²) in [5.41, 5.74) is 7.40. The summed E-state index contributed by atoms with van der Waals surface area (Å²) in [7, 11) is 2.20. The third kappa shape index (κ3) is 3.09. The van der Waals surface area contributed by atoms with Crippen LogP contribution in [-0.4, -0.2) is 36.1 Å². The lowest BCUT2D eigenvalue weighted by Gasteiger charge is -2.32. The highest BCUT2D eigenvalue weighted by molar-refractivity contribution is 5.49. The third-order valence-corrected chi connectivity index (χ3v) is 3.57. The second-order valence-electron chi connectivity index (χ2n) is 4.88. The average molecular weight is 234 g/mol. The van der Waals surface area contributed by atoms with Gasteiger partial charge in [-0.15, -0.1) is 0 Å². The number of aryl methyl sites for hydroxylation is 1. The molecule has 1 aromatic heterocycles. The zero-order chi connectivity index (χ0) is 12.3. The molecular formula is C13H22N4. The first-order valence-electron chi connectivity index (χ1n) is 6.34. The summed E-state index contributed by atoms with van der Waals surface area (Å²) in [5, 5.41) is 3.40. The van der Waals surface area contributed by atoms with Gasteiger partial charge in [0.15, 0.2) is 0 Å². The van der Waals surface area contributed by atoms with E-state index in [2.05, 4.69) is 22.2 Å². The minimum absolute atomic E-state index is 0.628. The SMILES string of the molecule is Cc1nc(NCC2CCCCN2C)ccc1N. The van der Waals surface area contributed by atoms with E-state index in [1.807, 2.05) is 19.1 Å². The number of likely N-dealkylation sites (N-methyl/N-ethyl adjacent to an activating group) is 1. The van der Waals surface area contributed by atoms with Crippen LogP contribution in [0, 0.1) is 6.92 Å². The molecule has 0 radical (unpaired) electrons. The van der Waals surface area contributed by atoms with Crippen LogP contribution in [0.3, 0.4) is 0 Å². The van der Waals surface area contributed by atoms with Crippen molar-refractivity contribution in [3.05, 3.63) is 17.8 Å². The van der Waals surface area contributed by atoms with Gasteiger partial charge in [-0.2, -0.15) is 0 Å². The monoisotopic (exact) mass is 234 g/mol. The Labute approximate surface area is 103 Å². The van der Waals surface area contributed by atoms with Crippen molar-refractivity contribution in [3.8, 4) is 0 Å². The standard InChI is InChI=1S/C13H22N4/c1-10-12(14)6-7-13(16-10)15-9-11-5-3-4-8-17(11)2/h6-7,11H,3-5,8-9,14H2,1-2H3,(H,15,16). The second-order valence-corrected chi connectivity index (χ2v) is 4.88. The van der Waals surface area contributed by atoms with Gasteiger partial charge in [0.2, 0.25) is 0 Å². The zero-order valence-corrected chi connectivity index (χ0v) is 10.7. The Balaban J connectivity index is 1.90. The molecule has 4 nitrogen and oxygen atoms in total. The topological polar surface area (TPSA) is 54.2 Å². The summed E-state index contributed by atoms with van der Waals surface area (Å²) in [4.78, 5) is 6.86. The van der Waals surface area contributed by atoms with E-state index in [4.69, 9.17) is 5.73 Å². The molecule has 1 aliphatic rings. The molecule has 0 saturated carbocycles. The largest absolute Gasteiger partial charge is 0.397 e. The van der Waals surface area contributed by atoms with E-state index < -0.39 is 0 Å². The summed E-state index contributed by atoms with van der Waals surface area (Å²) >= 11 is 0. The second kappa shape index (κ2) is 5.36. The molecule has 1 aromatic rings. The van der Waals surface area contributed by atoms with Crippen LogP contribution in [0.15, 0.2) is 12.1 Å². The lowest BCUT2D eigenvalue weighted by molar-refractivity contribution is 0.194. The van der Waals surface area contributed by atoms with Gasteiger partial charge in [-0.1, -0.05) is 6.42 Å². The van der Waals surface area contributed by atoms with Gasteiger partial charge in [-0.05, 0) is 45.5 Å². The fourth-order valence-electron chi connectivity index (χ4n) is 2.29. The first-order valence-corrected chi connectivity index (χ1v) is 6.34. The van der Waals surface area contributed by atoms with Gasteiger partial charge in [0, 0.05) is 12.6 Å². The number of aromatic nitrogens is 1. The fraction of sp³-hybridized carbons (Fsp3) is 0.615. The Morgan fingerprint density at radius 3 is 3.00 bits per heavy atom. The van der Waals surface area contributed by atoms with Crippen LogP contribution < -0.4 is 11.1 Å². The zero-order valence-electron chi connectivity index (χ0n) is 10.7. The number of nitrogen functional groups attached to an aromatic ring is 1. The van der Waals surface area contributed by atoms with Crippen LogP contribution in [0.25, 0.3) is 0 Å². The van der Waals surface area contributed by atoms with E-state index in [-0.39, 0.29) is 0 Å². The minimum atomic E-state index is 0.628. The van der Waals surface area contributed by atoms with E-state index in [1.54, 1.807) is 0 Å². The first-order chi connectivity index (χ1) is 8.16. The molecule has 1 aliphatic heterocycles. The van der Waals surface area contributed by atoms with Crippen molar-refractivity contribution in [2.75, 3.05) is 31.2 Å². The normalized spacial score (nSPS) is 21.4. The van der Waals surface area contributed by atoms with Crippen LogP contribution in [0.1, 0.15) is 25.0 Å². The number of nitrogens with one attached hydrogen (secondary N) is 1. The molecule has 0 aliphatic carbocycles. The van der Waals surface area contributed by atoms with Crippen LogP contribution in [0.5, 0.6) is 0 Å². The van der Waals surface area contributed by atoms with Gasteiger partial charge in [0.1, 0.15) is 5.82 Å². The number of piperidine rings is 1. The van der Waals surface area contributed by atoms with Crippen LogP contribution in [-0.2, 0) is 0 Å². The van der Waals surface area contributed by atoms with Crippen LogP contribution in [0.4, 0.5) is 11.5 Å². The number of pyridine rings is 1. The molecule has 0 spiro atoms. The molecule has 0 bridgehead atoms. The highest BCUT2D eigenvalue weighted by Gasteiger charge is 2.18. The molecule has 0 amide bonds. The third-order valence-electron chi connectivity index (χ3n) is 3.57. The summed E-state index contributed by atoms with van der Waals surface area (Å²) in [6, 6.07) is 4.49. The van der Waals surface area contributed by atoms with E-state index in [9.17, 15) is 0 Å². The molecule has 2 heterocycles. The maximum atomic E-state index is 5.75. The number of hydrogen-bond acceptors (Lipinski definition) is 4. The van der Waals surface area contributed by atoms with Gasteiger partial charge in [-0.3, -0.25) is 0 Å². The number of hydrogen-bond donors (Lipinski definition) is 2. The van der Waals surface area contributed by atoms with Crippen molar-refractivity contribution < 1.29 is 0 Å². The van der Waals surface area contributed by atoms with E-state index >= 15 is 0 Å². The number of nitrogens with zero attached hydrogens (tertiary/aromatic N) is 2. The molecule has 4 heteroatoms. The minimum Gasteiger partial charge on any atom is -0.397 e. The highest BCUT2D eigenvalue weighted by atomic mass is 15.2. The van der Waals surface area contributed by atoms with Crippen molar-refractivity contribution in [2.24, 2.45) is 0 Å². The van der Waals surface area contributed by atoms with Crippen LogP contribution in [0.2, 0.25) is 0 Å². The predicted octanol–water partition coefficient (Wildman–Crippen LogP) is 1.87. The Morgan fingerprint density at radius 2 is 2.29 bits per heavy atom. The quantitative estimate of drug-likeness (QED) is 0.838. The predicted molar refractivity (Wildman–Crippen MR) is 72.1 cm³/mol. The smallest absolute Gasteiger partial charge is 0.126 e. The number of likely N-dealkylation sites (tertiary alicyclic amines) is 1. The number of anilines is 2. The fourth-order valence-corrected chi connectivity index (χ4v) is 2.29. The van der Waals surface area contributed by atoms with Crippen molar-refractivity contribution in [3.63, 3.8) is 0 Å².